The van der Waals surface area contributed by atoms with Crippen LogP contribution in [0.5, 0.6) is 0 Å². The first-order valence-corrected chi connectivity index (χ1v) is 7.20. The molecule has 116 valence electrons. The highest BCUT2D eigenvalue weighted by atomic mass is 16.5. The summed E-state index contributed by atoms with van der Waals surface area (Å²) < 4.78 is 10.8. The summed E-state index contributed by atoms with van der Waals surface area (Å²) >= 11 is 0. The Bertz CT molecular complexity index is 313. The minimum absolute atomic E-state index is 0.144. The number of aliphatic carboxylic acids is 1. The molecule has 2 N–H and O–H groups in total. The van der Waals surface area contributed by atoms with E-state index in [4.69, 9.17) is 14.6 Å². The Kier molecular flexibility index (Phi) is 7.54. The van der Waals surface area contributed by atoms with Crippen molar-refractivity contribution in [3.8, 4) is 0 Å². The van der Waals surface area contributed by atoms with Crippen LogP contribution in [0.1, 0.15) is 39.5 Å². The normalized spacial score (nSPS) is 20.1. The lowest BCUT2D eigenvalue weighted by molar-refractivity contribution is -0.142. The van der Waals surface area contributed by atoms with Crippen molar-refractivity contribution >= 4 is 11.9 Å². The Balaban J connectivity index is 2.15. The van der Waals surface area contributed by atoms with Crippen LogP contribution in [0.3, 0.4) is 0 Å². The average Bonchev–Trinajstić information content (AvgIpc) is 2.86. The SMILES string of the molecule is CC(C)C[C@H](NC(=O)CCOC[C@H]1CCCO1)C(=O)O. The number of carboxylic acids is 1. The van der Waals surface area contributed by atoms with E-state index >= 15 is 0 Å². The molecule has 1 heterocycles. The zero-order valence-electron chi connectivity index (χ0n) is 12.3. The fourth-order valence-corrected chi connectivity index (χ4v) is 2.11. The summed E-state index contributed by atoms with van der Waals surface area (Å²) in [6, 6.07) is -0.819. The van der Waals surface area contributed by atoms with E-state index in [1.165, 1.54) is 0 Å². The maximum atomic E-state index is 11.6. The zero-order valence-corrected chi connectivity index (χ0v) is 12.3. The van der Waals surface area contributed by atoms with Crippen LogP contribution in [0.15, 0.2) is 0 Å². The van der Waals surface area contributed by atoms with Crippen molar-refractivity contribution in [2.75, 3.05) is 19.8 Å². The number of ether oxygens (including phenoxy) is 2. The molecule has 0 aromatic heterocycles. The lowest BCUT2D eigenvalue weighted by atomic mass is 10.0. The van der Waals surface area contributed by atoms with Crippen molar-refractivity contribution < 1.29 is 24.2 Å². The number of carbonyl (C=O) groups is 2. The highest BCUT2D eigenvalue weighted by molar-refractivity contribution is 5.83. The first-order valence-electron chi connectivity index (χ1n) is 7.20. The molecular weight excluding hydrogens is 262 g/mol. The summed E-state index contributed by atoms with van der Waals surface area (Å²) in [5, 5.41) is 11.6. The number of hydrogen-bond donors (Lipinski definition) is 2. The maximum Gasteiger partial charge on any atom is 0.326 e. The monoisotopic (exact) mass is 287 g/mol. The van der Waals surface area contributed by atoms with Crippen LogP contribution in [0, 0.1) is 5.92 Å². The Hall–Kier alpha value is -1.14. The van der Waals surface area contributed by atoms with E-state index in [0.29, 0.717) is 19.6 Å². The first kappa shape index (κ1) is 16.9. The molecule has 1 amide bonds. The Morgan fingerprint density at radius 1 is 1.45 bits per heavy atom. The number of nitrogens with one attached hydrogen (secondary N) is 1. The number of hydrogen-bond acceptors (Lipinski definition) is 4. The number of carbonyl (C=O) groups excluding carboxylic acids is 1. The smallest absolute Gasteiger partial charge is 0.326 e. The lowest BCUT2D eigenvalue weighted by Crippen LogP contribution is -2.42. The highest BCUT2D eigenvalue weighted by Gasteiger charge is 2.21. The van der Waals surface area contributed by atoms with E-state index in [9.17, 15) is 9.59 Å². The molecule has 2 atom stereocenters. The fraction of sp³-hybridized carbons (Fsp3) is 0.857. The second-order valence-electron chi connectivity index (χ2n) is 5.55. The predicted octanol–water partition coefficient (Wildman–Crippen LogP) is 1.19. The summed E-state index contributed by atoms with van der Waals surface area (Å²) in [4.78, 5) is 22.7. The van der Waals surface area contributed by atoms with Crippen molar-refractivity contribution in [1.29, 1.82) is 0 Å². The Morgan fingerprint density at radius 2 is 2.20 bits per heavy atom. The van der Waals surface area contributed by atoms with Gasteiger partial charge in [-0.2, -0.15) is 0 Å². The molecule has 0 aromatic carbocycles. The lowest BCUT2D eigenvalue weighted by Gasteiger charge is -2.16. The molecule has 1 rings (SSSR count). The summed E-state index contributed by atoms with van der Waals surface area (Å²) in [6.45, 7) is 5.42. The number of carboxylic acid groups (broad SMARTS) is 1. The van der Waals surface area contributed by atoms with Gasteiger partial charge in [-0.3, -0.25) is 4.79 Å². The van der Waals surface area contributed by atoms with Gasteiger partial charge in [-0.05, 0) is 25.2 Å². The maximum absolute atomic E-state index is 11.6. The third-order valence-corrected chi connectivity index (χ3v) is 3.14. The van der Waals surface area contributed by atoms with Gasteiger partial charge in [0.15, 0.2) is 0 Å². The molecule has 20 heavy (non-hydrogen) atoms. The van der Waals surface area contributed by atoms with Crippen molar-refractivity contribution in [3.05, 3.63) is 0 Å². The molecule has 0 aliphatic carbocycles. The first-order chi connectivity index (χ1) is 9.49. The molecule has 0 aromatic rings. The molecule has 1 fully saturated rings. The van der Waals surface area contributed by atoms with Gasteiger partial charge in [0.1, 0.15) is 6.04 Å². The highest BCUT2D eigenvalue weighted by Crippen LogP contribution is 2.12. The molecule has 0 bridgehead atoms. The largest absolute Gasteiger partial charge is 0.480 e. The van der Waals surface area contributed by atoms with Crippen molar-refractivity contribution in [3.63, 3.8) is 0 Å². The zero-order chi connectivity index (χ0) is 15.0. The average molecular weight is 287 g/mol. The van der Waals surface area contributed by atoms with E-state index < -0.39 is 12.0 Å². The third-order valence-electron chi connectivity index (χ3n) is 3.14. The van der Waals surface area contributed by atoms with Gasteiger partial charge in [-0.15, -0.1) is 0 Å². The van der Waals surface area contributed by atoms with Crippen molar-refractivity contribution in [1.82, 2.24) is 5.32 Å². The predicted molar refractivity (Wildman–Crippen MR) is 73.4 cm³/mol. The van der Waals surface area contributed by atoms with Gasteiger partial charge in [-0.1, -0.05) is 13.8 Å². The minimum Gasteiger partial charge on any atom is -0.480 e. The summed E-state index contributed by atoms with van der Waals surface area (Å²) in [6.07, 6.45) is 2.81. The number of rotatable bonds is 9. The van der Waals surface area contributed by atoms with Crippen molar-refractivity contribution in [2.45, 2.75) is 51.7 Å². The van der Waals surface area contributed by atoms with Crippen LogP contribution in [0.2, 0.25) is 0 Å². The van der Waals surface area contributed by atoms with Gasteiger partial charge in [0.05, 0.1) is 19.3 Å². The fourth-order valence-electron chi connectivity index (χ4n) is 2.11. The quantitative estimate of drug-likeness (QED) is 0.622. The van der Waals surface area contributed by atoms with Crippen LogP contribution < -0.4 is 5.32 Å². The molecule has 6 nitrogen and oxygen atoms in total. The van der Waals surface area contributed by atoms with E-state index in [2.05, 4.69) is 5.32 Å². The van der Waals surface area contributed by atoms with Gasteiger partial charge in [-0.25, -0.2) is 4.79 Å². The van der Waals surface area contributed by atoms with Crippen LogP contribution in [-0.4, -0.2) is 48.9 Å². The number of amides is 1. The minimum atomic E-state index is -0.993. The van der Waals surface area contributed by atoms with Crippen LogP contribution in [-0.2, 0) is 19.1 Å². The third kappa shape index (κ3) is 6.86. The van der Waals surface area contributed by atoms with Crippen molar-refractivity contribution in [2.24, 2.45) is 5.92 Å². The molecule has 1 aliphatic heterocycles. The van der Waals surface area contributed by atoms with E-state index in [1.54, 1.807) is 0 Å². The second-order valence-corrected chi connectivity index (χ2v) is 5.55. The van der Waals surface area contributed by atoms with E-state index in [0.717, 1.165) is 19.4 Å². The van der Waals surface area contributed by atoms with E-state index in [1.807, 2.05) is 13.8 Å². The van der Waals surface area contributed by atoms with Crippen LogP contribution in [0.25, 0.3) is 0 Å². The molecule has 1 saturated heterocycles. The van der Waals surface area contributed by atoms with Crippen LogP contribution in [0.4, 0.5) is 0 Å². The molecule has 0 saturated carbocycles. The second kappa shape index (κ2) is 8.92. The van der Waals surface area contributed by atoms with Gasteiger partial charge in [0.2, 0.25) is 5.91 Å². The molecular formula is C14H25NO5. The van der Waals surface area contributed by atoms with Crippen LogP contribution >= 0.6 is 0 Å². The topological polar surface area (TPSA) is 84.9 Å². The van der Waals surface area contributed by atoms with Gasteiger partial charge in [0.25, 0.3) is 0 Å². The molecule has 0 unspecified atom stereocenters. The summed E-state index contributed by atoms with van der Waals surface area (Å²) in [7, 11) is 0. The van der Waals surface area contributed by atoms with Gasteiger partial charge >= 0.3 is 5.97 Å². The standard InChI is InChI=1S/C14H25NO5/c1-10(2)8-12(14(17)18)15-13(16)5-7-19-9-11-4-3-6-20-11/h10-12H,3-9H2,1-2H3,(H,15,16)(H,17,18)/t11-,12+/m1/s1. The molecule has 0 radical (unpaired) electrons. The molecule has 0 spiro atoms. The van der Waals surface area contributed by atoms with E-state index in [-0.39, 0.29) is 24.3 Å². The Morgan fingerprint density at radius 3 is 2.75 bits per heavy atom. The summed E-state index contributed by atoms with van der Waals surface area (Å²) in [5.41, 5.74) is 0. The molecule has 1 aliphatic rings. The summed E-state index contributed by atoms with van der Waals surface area (Å²) in [5.74, 6) is -1.06. The Labute approximate surface area is 119 Å². The van der Waals surface area contributed by atoms with Gasteiger partial charge in [0, 0.05) is 13.0 Å². The molecule has 6 heteroatoms. The van der Waals surface area contributed by atoms with Gasteiger partial charge < -0.3 is 19.9 Å².